The summed E-state index contributed by atoms with van der Waals surface area (Å²) in [4.78, 5) is 0. The SMILES string of the molecule is CCCCOC(C)OC(C)(C(F)(F)F)C(F)(F)F. The highest BCUT2D eigenvalue weighted by Gasteiger charge is 2.69. The molecule has 0 aliphatic heterocycles. The number of ether oxygens (including phenoxy) is 2. The first-order chi connectivity index (χ1) is 7.95. The summed E-state index contributed by atoms with van der Waals surface area (Å²) in [5.74, 6) is 0. The molecule has 2 nitrogen and oxygen atoms in total. The van der Waals surface area contributed by atoms with E-state index < -0.39 is 24.2 Å². The number of hydrogen-bond donors (Lipinski definition) is 0. The van der Waals surface area contributed by atoms with Crippen molar-refractivity contribution < 1.29 is 35.8 Å². The average molecular weight is 282 g/mol. The van der Waals surface area contributed by atoms with Crippen LogP contribution in [0.5, 0.6) is 0 Å². The molecule has 0 aromatic rings. The first kappa shape index (κ1) is 17.5. The maximum Gasteiger partial charge on any atom is 0.426 e. The first-order valence-electron chi connectivity index (χ1n) is 5.38. The van der Waals surface area contributed by atoms with Crippen LogP contribution in [0, 0.1) is 0 Å². The molecule has 8 heteroatoms. The van der Waals surface area contributed by atoms with Gasteiger partial charge < -0.3 is 9.47 Å². The van der Waals surface area contributed by atoms with Crippen LogP contribution in [-0.2, 0) is 9.47 Å². The smallest absolute Gasteiger partial charge is 0.353 e. The van der Waals surface area contributed by atoms with E-state index >= 15 is 0 Å². The lowest BCUT2D eigenvalue weighted by Gasteiger charge is -2.35. The molecule has 0 amide bonds. The Kier molecular flexibility index (Phi) is 5.93. The van der Waals surface area contributed by atoms with Crippen LogP contribution in [0.3, 0.4) is 0 Å². The van der Waals surface area contributed by atoms with E-state index in [-0.39, 0.29) is 13.5 Å². The van der Waals surface area contributed by atoms with E-state index in [0.717, 1.165) is 6.92 Å². The molecule has 0 fully saturated rings. The molecule has 0 spiro atoms. The Labute approximate surface area is 101 Å². The predicted octanol–water partition coefficient (Wildman–Crippen LogP) is 4.05. The molecular weight excluding hydrogens is 266 g/mol. The van der Waals surface area contributed by atoms with Gasteiger partial charge >= 0.3 is 12.4 Å². The van der Waals surface area contributed by atoms with Gasteiger partial charge in [-0.1, -0.05) is 13.3 Å². The lowest BCUT2D eigenvalue weighted by molar-refractivity contribution is -0.400. The molecule has 0 aliphatic rings. The van der Waals surface area contributed by atoms with E-state index in [2.05, 4.69) is 4.74 Å². The normalized spacial score (nSPS) is 15.8. The third-order valence-corrected chi connectivity index (χ3v) is 2.33. The molecular formula is C10H16F6O2. The minimum absolute atomic E-state index is 0.0451. The molecule has 0 heterocycles. The van der Waals surface area contributed by atoms with Crippen molar-refractivity contribution >= 4 is 0 Å². The maximum absolute atomic E-state index is 12.4. The molecule has 0 aromatic carbocycles. The van der Waals surface area contributed by atoms with Crippen molar-refractivity contribution in [2.45, 2.75) is 57.9 Å². The van der Waals surface area contributed by atoms with Crippen molar-refractivity contribution in [2.75, 3.05) is 6.61 Å². The molecule has 0 aliphatic carbocycles. The van der Waals surface area contributed by atoms with Crippen molar-refractivity contribution in [1.29, 1.82) is 0 Å². The van der Waals surface area contributed by atoms with Gasteiger partial charge in [0.15, 0.2) is 6.29 Å². The van der Waals surface area contributed by atoms with Crippen molar-refractivity contribution in [2.24, 2.45) is 0 Å². The van der Waals surface area contributed by atoms with Gasteiger partial charge in [0.1, 0.15) is 0 Å². The second-order valence-corrected chi connectivity index (χ2v) is 3.94. The third-order valence-electron chi connectivity index (χ3n) is 2.33. The van der Waals surface area contributed by atoms with Gasteiger partial charge in [-0.3, -0.25) is 0 Å². The predicted molar refractivity (Wildman–Crippen MR) is 51.9 cm³/mol. The van der Waals surface area contributed by atoms with Gasteiger partial charge in [0, 0.05) is 6.61 Å². The number of rotatable bonds is 6. The molecule has 1 unspecified atom stereocenters. The summed E-state index contributed by atoms with van der Waals surface area (Å²) >= 11 is 0. The summed E-state index contributed by atoms with van der Waals surface area (Å²) in [6, 6.07) is 0. The molecule has 0 N–H and O–H groups in total. The largest absolute Gasteiger partial charge is 0.426 e. The van der Waals surface area contributed by atoms with Crippen LogP contribution in [-0.4, -0.2) is 30.9 Å². The van der Waals surface area contributed by atoms with E-state index in [1.54, 1.807) is 0 Å². The Morgan fingerprint density at radius 3 is 1.78 bits per heavy atom. The van der Waals surface area contributed by atoms with E-state index in [1.165, 1.54) is 0 Å². The molecule has 0 bridgehead atoms. The Balaban J connectivity index is 4.73. The molecule has 0 saturated heterocycles. The van der Waals surface area contributed by atoms with E-state index in [4.69, 9.17) is 4.74 Å². The van der Waals surface area contributed by atoms with Crippen LogP contribution in [0.2, 0.25) is 0 Å². The van der Waals surface area contributed by atoms with Crippen LogP contribution < -0.4 is 0 Å². The quantitative estimate of drug-likeness (QED) is 0.416. The summed E-state index contributed by atoms with van der Waals surface area (Å²) in [5, 5.41) is 0. The molecule has 1 atom stereocenters. The van der Waals surface area contributed by atoms with Gasteiger partial charge in [0.05, 0.1) is 0 Å². The Hall–Kier alpha value is -0.500. The zero-order chi connectivity index (χ0) is 14.6. The van der Waals surface area contributed by atoms with Crippen molar-refractivity contribution in [3.05, 3.63) is 0 Å². The van der Waals surface area contributed by atoms with Crippen LogP contribution in [0.15, 0.2) is 0 Å². The monoisotopic (exact) mass is 282 g/mol. The zero-order valence-corrected chi connectivity index (χ0v) is 10.3. The van der Waals surface area contributed by atoms with Crippen LogP contribution in [0.1, 0.15) is 33.6 Å². The van der Waals surface area contributed by atoms with Gasteiger partial charge in [-0.25, -0.2) is 0 Å². The van der Waals surface area contributed by atoms with E-state index in [0.29, 0.717) is 12.8 Å². The summed E-state index contributed by atoms with van der Waals surface area (Å²) in [6.07, 6.45) is -11.5. The van der Waals surface area contributed by atoms with Gasteiger partial charge in [0.2, 0.25) is 0 Å². The number of unbranched alkanes of at least 4 members (excludes halogenated alkanes) is 1. The standard InChI is InChI=1S/C10H16F6O2/c1-4-5-6-17-7(2)18-8(3,9(11,12)13)10(14,15)16/h7H,4-6H2,1-3H3. The minimum atomic E-state index is -5.56. The van der Waals surface area contributed by atoms with Gasteiger partial charge in [0.25, 0.3) is 5.60 Å². The fourth-order valence-corrected chi connectivity index (χ4v) is 1.05. The second-order valence-electron chi connectivity index (χ2n) is 3.94. The van der Waals surface area contributed by atoms with Crippen molar-refractivity contribution in [3.63, 3.8) is 0 Å². The van der Waals surface area contributed by atoms with Gasteiger partial charge in [-0.05, 0) is 20.3 Å². The average Bonchev–Trinajstić information content (AvgIpc) is 2.14. The fourth-order valence-electron chi connectivity index (χ4n) is 1.05. The van der Waals surface area contributed by atoms with Crippen LogP contribution in [0.4, 0.5) is 26.3 Å². The van der Waals surface area contributed by atoms with E-state index in [9.17, 15) is 26.3 Å². The molecule has 18 heavy (non-hydrogen) atoms. The van der Waals surface area contributed by atoms with Crippen molar-refractivity contribution in [1.82, 2.24) is 0 Å². The van der Waals surface area contributed by atoms with Gasteiger partial charge in [-0.15, -0.1) is 0 Å². The lowest BCUT2D eigenvalue weighted by Crippen LogP contribution is -2.57. The summed E-state index contributed by atoms with van der Waals surface area (Å²) in [6.45, 7) is 2.81. The highest BCUT2D eigenvalue weighted by molar-refractivity contribution is 4.91. The highest BCUT2D eigenvalue weighted by Crippen LogP contribution is 2.46. The molecule has 110 valence electrons. The number of halogens is 6. The second kappa shape index (κ2) is 6.10. The Bertz CT molecular complexity index is 234. The van der Waals surface area contributed by atoms with Crippen LogP contribution in [0.25, 0.3) is 0 Å². The molecule has 0 saturated carbocycles. The fraction of sp³-hybridized carbons (Fsp3) is 1.00. The highest BCUT2D eigenvalue weighted by atomic mass is 19.4. The third kappa shape index (κ3) is 4.31. The molecule has 0 rings (SSSR count). The number of hydrogen-bond acceptors (Lipinski definition) is 2. The molecule has 0 aromatic heterocycles. The number of alkyl halides is 6. The Morgan fingerprint density at radius 1 is 1.00 bits per heavy atom. The maximum atomic E-state index is 12.4. The Morgan fingerprint density at radius 2 is 1.44 bits per heavy atom. The topological polar surface area (TPSA) is 18.5 Å². The summed E-state index contributed by atoms with van der Waals surface area (Å²) < 4.78 is 83.5. The first-order valence-corrected chi connectivity index (χ1v) is 5.38. The minimum Gasteiger partial charge on any atom is -0.353 e. The van der Waals surface area contributed by atoms with Crippen molar-refractivity contribution in [3.8, 4) is 0 Å². The van der Waals surface area contributed by atoms with Crippen LogP contribution >= 0.6 is 0 Å². The summed E-state index contributed by atoms with van der Waals surface area (Å²) in [7, 11) is 0. The zero-order valence-electron chi connectivity index (χ0n) is 10.3. The van der Waals surface area contributed by atoms with Gasteiger partial charge in [-0.2, -0.15) is 26.3 Å². The summed E-state index contributed by atoms with van der Waals surface area (Å²) in [5.41, 5.74) is -4.23. The van der Waals surface area contributed by atoms with E-state index in [1.807, 2.05) is 6.92 Å². The molecule has 0 radical (unpaired) electrons. The lowest BCUT2D eigenvalue weighted by atomic mass is 10.1.